The van der Waals surface area contributed by atoms with E-state index in [2.05, 4.69) is 0 Å². The van der Waals surface area contributed by atoms with Gasteiger partial charge in [-0.2, -0.15) is 0 Å². The van der Waals surface area contributed by atoms with E-state index in [1.54, 1.807) is 18.2 Å². The minimum absolute atomic E-state index is 0.00226. The van der Waals surface area contributed by atoms with Gasteiger partial charge in [0, 0.05) is 12.0 Å². The molecular weight excluding hydrogens is 584 g/mol. The number of ether oxygens (including phenoxy) is 6. The summed E-state index contributed by atoms with van der Waals surface area (Å²) >= 11 is 0. The van der Waals surface area contributed by atoms with Crippen molar-refractivity contribution in [3.8, 4) is 5.75 Å². The lowest BCUT2D eigenvalue weighted by molar-refractivity contribution is -0.344. The largest absolute Gasteiger partial charge is 0.508 e. The number of methoxy groups -OCH3 is 1. The van der Waals surface area contributed by atoms with E-state index in [0.717, 1.165) is 12.3 Å². The highest BCUT2D eigenvalue weighted by atomic mass is 16.8. The SMILES string of the molecule is COC(=O)C1=CO[C@H](O[C@@H]2O[C@H](CO)[C@@H](O)[C@H](O)[C@H]2O)[C@H]2[C@@H]1C=C[C@@]21C=C([C@H](C)OC(=O)C=Cc2ccc(O)cc2)C(=O)O1. The van der Waals surface area contributed by atoms with Crippen LogP contribution in [0.2, 0.25) is 0 Å². The number of hydrogen-bond acceptors (Lipinski definition) is 14. The molecule has 5 N–H and O–H groups in total. The Hall–Kier alpha value is -4.05. The van der Waals surface area contributed by atoms with Crippen LogP contribution < -0.4 is 0 Å². The molecule has 1 aromatic carbocycles. The molecule has 3 heterocycles. The molecule has 0 radical (unpaired) electrons. The predicted molar refractivity (Wildman–Crippen MR) is 146 cm³/mol. The highest BCUT2D eigenvalue weighted by molar-refractivity contribution is 5.95. The van der Waals surface area contributed by atoms with Crippen molar-refractivity contribution < 1.29 is 68.3 Å². The number of rotatable bonds is 8. The molecule has 0 aromatic heterocycles. The molecule has 0 amide bonds. The minimum Gasteiger partial charge on any atom is -0.508 e. The fraction of sp³-hybridized carbons (Fsp3) is 0.433. The lowest BCUT2D eigenvalue weighted by atomic mass is 9.78. The van der Waals surface area contributed by atoms with Gasteiger partial charge < -0.3 is 54.0 Å². The highest BCUT2D eigenvalue weighted by Crippen LogP contribution is 2.51. The maximum Gasteiger partial charge on any atom is 0.338 e. The number of aliphatic hydroxyl groups is 4. The van der Waals surface area contributed by atoms with Crippen LogP contribution in [0.4, 0.5) is 0 Å². The van der Waals surface area contributed by atoms with E-state index in [1.807, 2.05) is 0 Å². The smallest absolute Gasteiger partial charge is 0.338 e. The van der Waals surface area contributed by atoms with Crippen LogP contribution in [-0.4, -0.2) is 106 Å². The maximum absolute atomic E-state index is 13.1. The first-order chi connectivity index (χ1) is 21.0. The number of aromatic hydroxyl groups is 1. The highest BCUT2D eigenvalue weighted by Gasteiger charge is 2.60. The summed E-state index contributed by atoms with van der Waals surface area (Å²) in [6.07, 6.45) is -2.06. The molecule has 0 bridgehead atoms. The average molecular weight is 617 g/mol. The molecule has 10 atom stereocenters. The Kier molecular flexibility index (Phi) is 8.92. The van der Waals surface area contributed by atoms with Crippen molar-refractivity contribution in [2.45, 2.75) is 55.6 Å². The van der Waals surface area contributed by atoms with Gasteiger partial charge in [0.25, 0.3) is 0 Å². The first-order valence-corrected chi connectivity index (χ1v) is 13.7. The summed E-state index contributed by atoms with van der Waals surface area (Å²) in [5.41, 5.74) is -0.852. The molecule has 4 aliphatic rings. The molecular formula is C30H32O14. The van der Waals surface area contributed by atoms with Crippen LogP contribution in [0, 0.1) is 11.8 Å². The number of fused-ring (bicyclic) bond motifs is 2. The van der Waals surface area contributed by atoms with E-state index < -0.39 is 85.1 Å². The number of hydrogen-bond donors (Lipinski definition) is 5. The van der Waals surface area contributed by atoms with Crippen LogP contribution in [0.5, 0.6) is 5.75 Å². The van der Waals surface area contributed by atoms with Crippen molar-refractivity contribution >= 4 is 24.0 Å². The van der Waals surface area contributed by atoms with Crippen LogP contribution in [0.1, 0.15) is 12.5 Å². The van der Waals surface area contributed by atoms with Crippen molar-refractivity contribution in [3.05, 3.63) is 71.5 Å². The van der Waals surface area contributed by atoms with Crippen LogP contribution >= 0.6 is 0 Å². The number of carbonyl (C=O) groups is 3. The van der Waals surface area contributed by atoms with E-state index in [1.165, 1.54) is 44.4 Å². The standard InChI is InChI=1S/C30H32O14/c1-14(41-21(33)8-5-15-3-6-16(32)7-4-15)18-11-30(44-27(18)38)10-9-17-19(26(37)39-2)13-40-28(22(17)30)43-29-25(36)24(35)23(34)20(12-31)42-29/h3-11,13-14,17,20,22-25,28-29,31-32,34-36H,12H2,1-2H3/t14-,17+,20+,22+,23+,24-,25+,28+,29-,30+/m0/s1. The zero-order chi connectivity index (χ0) is 31.8. The summed E-state index contributed by atoms with van der Waals surface area (Å²) < 4.78 is 33.2. The molecule has 236 valence electrons. The second-order valence-corrected chi connectivity index (χ2v) is 10.7. The molecule has 1 saturated heterocycles. The van der Waals surface area contributed by atoms with E-state index in [-0.39, 0.29) is 16.9 Å². The summed E-state index contributed by atoms with van der Waals surface area (Å²) in [5, 5.41) is 49.8. The Balaban J connectivity index is 1.39. The van der Waals surface area contributed by atoms with Crippen LogP contribution in [-0.2, 0) is 42.8 Å². The van der Waals surface area contributed by atoms with Crippen molar-refractivity contribution in [1.82, 2.24) is 0 Å². The minimum atomic E-state index is -1.75. The topological polar surface area (TPSA) is 208 Å². The Morgan fingerprint density at radius 1 is 1.09 bits per heavy atom. The molecule has 1 fully saturated rings. The zero-order valence-electron chi connectivity index (χ0n) is 23.6. The molecule has 0 unspecified atom stereocenters. The van der Waals surface area contributed by atoms with Gasteiger partial charge in [-0.1, -0.05) is 18.2 Å². The lowest BCUT2D eigenvalue weighted by Crippen LogP contribution is -2.60. The Bertz CT molecular complexity index is 1390. The lowest BCUT2D eigenvalue weighted by Gasteiger charge is -2.44. The predicted octanol–water partition coefficient (Wildman–Crippen LogP) is -0.409. The number of phenols is 1. The Labute approximate surface area is 251 Å². The van der Waals surface area contributed by atoms with Gasteiger partial charge in [0.1, 0.15) is 36.3 Å². The third-order valence-corrected chi connectivity index (χ3v) is 7.91. The van der Waals surface area contributed by atoms with Gasteiger partial charge in [-0.05, 0) is 42.8 Å². The van der Waals surface area contributed by atoms with Crippen LogP contribution in [0.3, 0.4) is 0 Å². The van der Waals surface area contributed by atoms with Gasteiger partial charge >= 0.3 is 17.9 Å². The van der Waals surface area contributed by atoms with E-state index in [4.69, 9.17) is 28.4 Å². The van der Waals surface area contributed by atoms with Gasteiger partial charge in [-0.25, -0.2) is 14.4 Å². The van der Waals surface area contributed by atoms with Crippen molar-refractivity contribution in [1.29, 1.82) is 0 Å². The van der Waals surface area contributed by atoms with Crippen LogP contribution in [0.25, 0.3) is 6.08 Å². The van der Waals surface area contributed by atoms with Gasteiger partial charge in [0.15, 0.2) is 11.9 Å². The number of esters is 3. The second-order valence-electron chi connectivity index (χ2n) is 10.7. The fourth-order valence-electron chi connectivity index (χ4n) is 5.59. The molecule has 3 aliphatic heterocycles. The number of aliphatic hydroxyl groups excluding tert-OH is 4. The molecule has 44 heavy (non-hydrogen) atoms. The van der Waals surface area contributed by atoms with Gasteiger partial charge in [0.05, 0.1) is 37.0 Å². The fourth-order valence-corrected chi connectivity index (χ4v) is 5.59. The van der Waals surface area contributed by atoms with E-state index in [0.29, 0.717) is 5.56 Å². The molecule has 1 aliphatic carbocycles. The van der Waals surface area contributed by atoms with E-state index in [9.17, 15) is 39.9 Å². The molecule has 5 rings (SSSR count). The van der Waals surface area contributed by atoms with Crippen molar-refractivity contribution in [3.63, 3.8) is 0 Å². The first kappa shape index (κ1) is 31.4. The van der Waals surface area contributed by atoms with Gasteiger partial charge in [-0.3, -0.25) is 0 Å². The zero-order valence-corrected chi connectivity index (χ0v) is 23.6. The monoisotopic (exact) mass is 616 g/mol. The summed E-state index contributed by atoms with van der Waals surface area (Å²) in [6, 6.07) is 6.11. The number of benzene rings is 1. The number of allylic oxidation sites excluding steroid dienone is 1. The molecule has 1 aromatic rings. The van der Waals surface area contributed by atoms with Gasteiger partial charge in [-0.15, -0.1) is 0 Å². The van der Waals surface area contributed by atoms with E-state index >= 15 is 0 Å². The average Bonchev–Trinajstić information content (AvgIpc) is 3.56. The molecule has 14 heteroatoms. The summed E-state index contributed by atoms with van der Waals surface area (Å²) in [7, 11) is 1.18. The van der Waals surface area contributed by atoms with Crippen molar-refractivity contribution in [2.24, 2.45) is 11.8 Å². The summed E-state index contributed by atoms with van der Waals surface area (Å²) in [5.74, 6) is -3.97. The second kappa shape index (κ2) is 12.5. The molecule has 1 spiro atoms. The van der Waals surface area contributed by atoms with Crippen LogP contribution in [0.15, 0.2) is 66.0 Å². The number of phenolic OH excluding ortho intramolecular Hbond substituents is 1. The maximum atomic E-state index is 13.1. The third kappa shape index (κ3) is 5.87. The molecule has 14 nitrogen and oxygen atoms in total. The van der Waals surface area contributed by atoms with Crippen molar-refractivity contribution in [2.75, 3.05) is 13.7 Å². The molecule has 0 saturated carbocycles. The number of carbonyl (C=O) groups excluding carboxylic acids is 3. The van der Waals surface area contributed by atoms with Gasteiger partial charge in [0.2, 0.25) is 6.29 Å². The first-order valence-electron chi connectivity index (χ1n) is 13.7. The summed E-state index contributed by atoms with van der Waals surface area (Å²) in [6.45, 7) is 0.790. The Morgan fingerprint density at radius 3 is 2.50 bits per heavy atom. The quantitative estimate of drug-likeness (QED) is 0.109. The summed E-state index contributed by atoms with van der Waals surface area (Å²) in [4.78, 5) is 38.2. The Morgan fingerprint density at radius 2 is 1.82 bits per heavy atom. The third-order valence-electron chi connectivity index (χ3n) is 7.91. The normalized spacial score (nSPS) is 35.0.